The number of hydrogen-bond donors (Lipinski definition) is 11. The minimum absolute atomic E-state index is 0.0879. The van der Waals surface area contributed by atoms with Crippen LogP contribution in [0.5, 0.6) is 5.75 Å². The van der Waals surface area contributed by atoms with Crippen LogP contribution in [0, 0.1) is 0 Å². The van der Waals surface area contributed by atoms with Crippen LogP contribution in [-0.4, -0.2) is 130 Å². The van der Waals surface area contributed by atoms with Gasteiger partial charge in [-0.05, 0) is 94.9 Å². The van der Waals surface area contributed by atoms with Gasteiger partial charge in [0.25, 0.3) is 0 Å². The number of rotatable bonds is 40. The second kappa shape index (κ2) is 35.1. The average Bonchev–Trinajstić information content (AvgIpc) is 3.28. The predicted molar refractivity (Wildman–Crippen MR) is 243 cm³/mol. The first-order valence-electron chi connectivity index (χ1n) is 23.0. The van der Waals surface area contributed by atoms with Crippen LogP contribution in [0.1, 0.15) is 145 Å². The zero-order valence-electron chi connectivity index (χ0n) is 38.2. The molecule has 22 nitrogen and oxygen atoms in total. The van der Waals surface area contributed by atoms with Gasteiger partial charge in [-0.25, -0.2) is 19.2 Å². The molecular weight excluding hydrogens is 879 g/mol. The minimum Gasteiger partial charge on any atom is -0.494 e. The van der Waals surface area contributed by atoms with E-state index in [4.69, 9.17) is 21.3 Å². The number of aromatic carboxylic acids is 1. The summed E-state index contributed by atoms with van der Waals surface area (Å²) in [5, 5.41) is 50.0. The highest BCUT2D eigenvalue weighted by atomic mass is 16.5. The van der Waals surface area contributed by atoms with Crippen LogP contribution in [0.2, 0.25) is 0 Å². The van der Waals surface area contributed by atoms with Gasteiger partial charge >= 0.3 is 23.9 Å². The Labute approximate surface area is 390 Å². The van der Waals surface area contributed by atoms with Crippen molar-refractivity contribution in [1.82, 2.24) is 26.6 Å². The molecule has 67 heavy (non-hydrogen) atoms. The van der Waals surface area contributed by atoms with E-state index < -0.39 is 97.0 Å². The molecule has 376 valence electrons. The van der Waals surface area contributed by atoms with Gasteiger partial charge in [-0.3, -0.25) is 24.0 Å². The number of carboxylic acids is 4. The molecule has 0 bridgehead atoms. The fraction of sp³-hybridized carbons (Fsp3) is 0.644. The standard InChI is InChI=1S/C45H71N7O15/c46-31(29-53)13-8-10-27-49-41(58)33(47)14-9-11-26-48-37(54)23-20-34(43(61)62)51-39(56)25-22-36(45(65)66)52-40(57)24-21-35(44(63)64)50-38(55)15-7-5-3-1-2-4-6-12-28-67-32-18-16-30(17-19-32)42(59)60/h16-19,29,31,33-36H,1-15,20-28,46-47H2,(H,48,54)(H,49,58)(H,50,55)(H,51,56)(H,52,57)(H,59,60)(H,61,62)(H,63,64)(H,65,66)/t31-,33-,34-,35-,36-/m0/s1. The summed E-state index contributed by atoms with van der Waals surface area (Å²) in [5.41, 5.74) is 11.6. The number of nitrogens with one attached hydrogen (secondary N) is 5. The monoisotopic (exact) mass is 950 g/mol. The number of unbranched alkanes of at least 4 members (excludes halogenated alkanes) is 9. The van der Waals surface area contributed by atoms with E-state index in [0.29, 0.717) is 70.1 Å². The van der Waals surface area contributed by atoms with E-state index in [2.05, 4.69) is 26.6 Å². The maximum absolute atomic E-state index is 12.6. The number of carbonyl (C=O) groups is 10. The second-order valence-electron chi connectivity index (χ2n) is 16.3. The molecule has 0 saturated carbocycles. The number of hydrogen-bond acceptors (Lipinski definition) is 13. The lowest BCUT2D eigenvalue weighted by Gasteiger charge is -2.18. The number of amides is 5. The molecule has 0 saturated heterocycles. The molecule has 0 aliphatic heterocycles. The Hall–Kier alpha value is -6.16. The van der Waals surface area contributed by atoms with Crippen molar-refractivity contribution in [2.24, 2.45) is 11.5 Å². The molecule has 0 aromatic heterocycles. The predicted octanol–water partition coefficient (Wildman–Crippen LogP) is 1.75. The molecule has 0 fully saturated rings. The largest absolute Gasteiger partial charge is 0.494 e. The number of benzene rings is 1. The Morgan fingerprint density at radius 1 is 0.507 bits per heavy atom. The third-order valence-corrected chi connectivity index (χ3v) is 10.6. The molecule has 0 aliphatic rings. The van der Waals surface area contributed by atoms with Gasteiger partial charge in [0.2, 0.25) is 29.5 Å². The van der Waals surface area contributed by atoms with Gasteiger partial charge < -0.3 is 68.0 Å². The Kier molecular flexibility index (Phi) is 30.8. The molecule has 0 unspecified atom stereocenters. The highest BCUT2D eigenvalue weighted by Gasteiger charge is 2.26. The van der Waals surface area contributed by atoms with E-state index in [9.17, 15) is 63.3 Å². The molecule has 1 aromatic carbocycles. The minimum atomic E-state index is -1.56. The van der Waals surface area contributed by atoms with E-state index >= 15 is 0 Å². The number of aldehydes is 1. The molecule has 0 aliphatic carbocycles. The Morgan fingerprint density at radius 2 is 0.940 bits per heavy atom. The SMILES string of the molecule is N[C@H](C=O)CCCCNC(=O)[C@@H](N)CCCCNC(=O)CC[C@H](NC(=O)CC[C@H](NC(=O)CC[C@H](NC(=O)CCCCCCCCCCOc1ccc(C(=O)O)cc1)C(=O)O)C(=O)O)C(=O)O. The van der Waals surface area contributed by atoms with Crippen LogP contribution in [0.15, 0.2) is 24.3 Å². The molecule has 0 spiro atoms. The van der Waals surface area contributed by atoms with Crippen LogP contribution >= 0.6 is 0 Å². The lowest BCUT2D eigenvalue weighted by molar-refractivity contribution is -0.144. The summed E-state index contributed by atoms with van der Waals surface area (Å²) in [6, 6.07) is 0.532. The van der Waals surface area contributed by atoms with Crippen LogP contribution in [0.4, 0.5) is 0 Å². The number of carbonyl (C=O) groups excluding carboxylic acids is 6. The quantitative estimate of drug-likeness (QED) is 0.0330. The van der Waals surface area contributed by atoms with Crippen molar-refractivity contribution in [1.29, 1.82) is 0 Å². The van der Waals surface area contributed by atoms with Crippen LogP contribution < -0.4 is 42.8 Å². The molecular formula is C45H71N7O15. The van der Waals surface area contributed by atoms with Crippen LogP contribution in [0.25, 0.3) is 0 Å². The first-order valence-corrected chi connectivity index (χ1v) is 23.0. The Bertz CT molecular complexity index is 1730. The molecule has 13 N–H and O–H groups in total. The van der Waals surface area contributed by atoms with Crippen molar-refractivity contribution in [3.05, 3.63) is 29.8 Å². The molecule has 5 amide bonds. The Balaban J connectivity index is 2.28. The topological polar surface area (TPSA) is 373 Å². The third-order valence-electron chi connectivity index (χ3n) is 10.6. The molecule has 0 radical (unpaired) electrons. The fourth-order valence-electron chi connectivity index (χ4n) is 6.58. The molecule has 0 heterocycles. The normalized spacial score (nSPS) is 13.1. The van der Waals surface area contributed by atoms with Gasteiger partial charge in [0.1, 0.15) is 30.2 Å². The van der Waals surface area contributed by atoms with Crippen molar-refractivity contribution in [2.45, 2.75) is 165 Å². The summed E-state index contributed by atoms with van der Waals surface area (Å²) in [5.74, 6) is -7.63. The van der Waals surface area contributed by atoms with Crippen LogP contribution in [-0.2, 0) is 43.2 Å². The van der Waals surface area contributed by atoms with Crippen molar-refractivity contribution >= 4 is 59.7 Å². The summed E-state index contributed by atoms with van der Waals surface area (Å²) < 4.78 is 5.63. The van der Waals surface area contributed by atoms with Gasteiger partial charge in [-0.2, -0.15) is 0 Å². The van der Waals surface area contributed by atoms with Gasteiger partial charge in [0.15, 0.2) is 0 Å². The first kappa shape index (κ1) is 58.9. The molecule has 5 atom stereocenters. The second-order valence-corrected chi connectivity index (χ2v) is 16.3. The average molecular weight is 950 g/mol. The van der Waals surface area contributed by atoms with Crippen molar-refractivity contribution in [2.75, 3.05) is 19.7 Å². The number of nitrogens with two attached hydrogens (primary N) is 2. The zero-order chi connectivity index (χ0) is 50.0. The number of aliphatic carboxylic acids is 3. The maximum Gasteiger partial charge on any atom is 0.335 e. The zero-order valence-corrected chi connectivity index (χ0v) is 38.2. The lowest BCUT2D eigenvalue weighted by atomic mass is 10.1. The van der Waals surface area contributed by atoms with Crippen molar-refractivity contribution in [3.8, 4) is 5.75 Å². The van der Waals surface area contributed by atoms with Crippen molar-refractivity contribution < 1.29 is 73.1 Å². The Morgan fingerprint density at radius 3 is 1.42 bits per heavy atom. The van der Waals surface area contributed by atoms with Gasteiger partial charge in [0, 0.05) is 38.8 Å². The van der Waals surface area contributed by atoms with E-state index in [1.807, 2.05) is 0 Å². The van der Waals surface area contributed by atoms with Gasteiger partial charge in [-0.1, -0.05) is 38.5 Å². The van der Waals surface area contributed by atoms with Crippen LogP contribution in [0.3, 0.4) is 0 Å². The number of ether oxygens (including phenoxy) is 1. The molecule has 1 aromatic rings. The van der Waals surface area contributed by atoms with E-state index in [-0.39, 0.29) is 43.7 Å². The van der Waals surface area contributed by atoms with E-state index in [1.54, 1.807) is 12.1 Å². The van der Waals surface area contributed by atoms with E-state index in [1.165, 1.54) is 12.1 Å². The summed E-state index contributed by atoms with van der Waals surface area (Å²) >= 11 is 0. The summed E-state index contributed by atoms with van der Waals surface area (Å²) in [7, 11) is 0. The van der Waals surface area contributed by atoms with Crippen molar-refractivity contribution in [3.63, 3.8) is 0 Å². The third kappa shape index (κ3) is 29.2. The fourth-order valence-corrected chi connectivity index (χ4v) is 6.58. The summed E-state index contributed by atoms with van der Waals surface area (Å²) in [6.45, 7) is 1.17. The first-order chi connectivity index (χ1) is 31.9. The highest BCUT2D eigenvalue weighted by molar-refractivity contribution is 5.88. The highest BCUT2D eigenvalue weighted by Crippen LogP contribution is 2.15. The summed E-state index contributed by atoms with van der Waals surface area (Å²) in [4.78, 5) is 119. The molecule has 22 heteroatoms. The van der Waals surface area contributed by atoms with E-state index in [0.717, 1.165) is 44.9 Å². The van der Waals surface area contributed by atoms with Gasteiger partial charge in [0.05, 0.1) is 24.3 Å². The lowest BCUT2D eigenvalue weighted by Crippen LogP contribution is -2.45. The molecule has 1 rings (SSSR count). The maximum atomic E-state index is 12.6. The summed E-state index contributed by atoms with van der Waals surface area (Å²) in [6.07, 6.45) is 8.78. The smallest absolute Gasteiger partial charge is 0.335 e. The van der Waals surface area contributed by atoms with Gasteiger partial charge in [-0.15, -0.1) is 0 Å². The number of carboxylic acid groups (broad SMARTS) is 4.